The molecule has 1 aliphatic heterocycles. The van der Waals surface area contributed by atoms with Gasteiger partial charge in [-0.2, -0.15) is 8.42 Å². The fraction of sp³-hybridized carbons (Fsp3) is 0.211. The van der Waals surface area contributed by atoms with E-state index in [1.807, 2.05) is 31.2 Å². The van der Waals surface area contributed by atoms with E-state index in [9.17, 15) is 8.42 Å². The molecule has 1 aliphatic rings. The third kappa shape index (κ3) is 2.79. The summed E-state index contributed by atoms with van der Waals surface area (Å²) in [5, 5.41) is 0.855. The molecule has 0 amide bonds. The van der Waals surface area contributed by atoms with Crippen molar-refractivity contribution in [2.75, 3.05) is 13.7 Å². The van der Waals surface area contributed by atoms with E-state index in [1.54, 1.807) is 18.3 Å². The third-order valence-electron chi connectivity index (χ3n) is 4.46. The Hall–Kier alpha value is -2.64. The third-order valence-corrected chi connectivity index (χ3v) is 5.73. The summed E-state index contributed by atoms with van der Waals surface area (Å²) in [5.41, 5.74) is 2.47. The molecule has 26 heavy (non-hydrogen) atoms. The smallest absolute Gasteiger partial charge is 0.296 e. The molecule has 0 saturated heterocycles. The van der Waals surface area contributed by atoms with Crippen LogP contribution in [0.25, 0.3) is 10.9 Å². The van der Waals surface area contributed by atoms with Crippen LogP contribution in [0, 0.1) is 6.92 Å². The molecule has 0 N–H and O–H groups in total. The number of ether oxygens (including phenoxy) is 2. The molecule has 2 aromatic carbocycles. The van der Waals surface area contributed by atoms with Crippen molar-refractivity contribution in [3.05, 3.63) is 59.8 Å². The Bertz CT molecular complexity index is 1090. The zero-order valence-electron chi connectivity index (χ0n) is 14.3. The van der Waals surface area contributed by atoms with Crippen molar-refractivity contribution in [3.8, 4) is 11.5 Å². The number of hydrogen-bond acceptors (Lipinski definition) is 6. The molecule has 134 valence electrons. The number of pyridine rings is 1. The van der Waals surface area contributed by atoms with Crippen LogP contribution in [0.1, 0.15) is 17.2 Å². The molecule has 0 spiro atoms. The lowest BCUT2D eigenvalue weighted by Crippen LogP contribution is -2.23. The molecule has 0 saturated carbocycles. The zero-order valence-corrected chi connectivity index (χ0v) is 15.1. The van der Waals surface area contributed by atoms with Gasteiger partial charge in [0.05, 0.1) is 17.5 Å². The lowest BCUT2D eigenvalue weighted by atomic mass is 10.0. The van der Waals surface area contributed by atoms with Crippen LogP contribution in [0.5, 0.6) is 11.5 Å². The predicted molar refractivity (Wildman–Crippen MR) is 96.0 cm³/mol. The first-order valence-electron chi connectivity index (χ1n) is 8.08. The average Bonchev–Trinajstić information content (AvgIpc) is 2.67. The number of rotatable bonds is 3. The standard InChI is InChI=1S/C19H17NO5S/c1-12-5-6-13(26(21,22)23-2)10-15(12)18-11-24-17-8-7-16-14(19(17)25-18)4-3-9-20-16/h3-10,18H,11H2,1-2H3/t18-/m0/s1. The number of benzene rings is 2. The molecular formula is C19H17NO5S. The number of hydrogen-bond donors (Lipinski definition) is 0. The lowest BCUT2D eigenvalue weighted by molar-refractivity contribution is 0.0928. The molecule has 4 rings (SSSR count). The van der Waals surface area contributed by atoms with Gasteiger partial charge in [0.25, 0.3) is 10.1 Å². The quantitative estimate of drug-likeness (QED) is 0.657. The van der Waals surface area contributed by atoms with Gasteiger partial charge in [-0.25, -0.2) is 0 Å². The van der Waals surface area contributed by atoms with Crippen LogP contribution < -0.4 is 9.47 Å². The first-order valence-corrected chi connectivity index (χ1v) is 9.49. The minimum absolute atomic E-state index is 0.0922. The maximum atomic E-state index is 12.0. The van der Waals surface area contributed by atoms with Crippen LogP contribution in [0.3, 0.4) is 0 Å². The van der Waals surface area contributed by atoms with Gasteiger partial charge in [-0.15, -0.1) is 0 Å². The first-order chi connectivity index (χ1) is 12.5. The highest BCUT2D eigenvalue weighted by atomic mass is 32.2. The van der Waals surface area contributed by atoms with Gasteiger partial charge in [0.1, 0.15) is 6.61 Å². The van der Waals surface area contributed by atoms with E-state index in [2.05, 4.69) is 9.17 Å². The second-order valence-corrected chi connectivity index (χ2v) is 7.73. The molecule has 1 aromatic heterocycles. The molecule has 6 nitrogen and oxygen atoms in total. The summed E-state index contributed by atoms with van der Waals surface area (Å²) in [6.07, 6.45) is 1.29. The van der Waals surface area contributed by atoms with E-state index in [4.69, 9.17) is 9.47 Å². The maximum absolute atomic E-state index is 12.0. The SMILES string of the molecule is COS(=O)(=O)c1ccc(C)c([C@@H]2COc3ccc4ncccc4c3O2)c1. The van der Waals surface area contributed by atoms with Gasteiger partial charge in [0.15, 0.2) is 17.6 Å². The van der Waals surface area contributed by atoms with Gasteiger partial charge in [-0.1, -0.05) is 6.07 Å². The highest BCUT2D eigenvalue weighted by Gasteiger charge is 2.27. The largest absolute Gasteiger partial charge is 0.485 e. The summed E-state index contributed by atoms with van der Waals surface area (Å²) in [6, 6.07) is 12.3. The number of fused-ring (bicyclic) bond motifs is 3. The molecule has 0 unspecified atom stereocenters. The normalized spacial score (nSPS) is 16.6. The van der Waals surface area contributed by atoms with Crippen molar-refractivity contribution in [1.29, 1.82) is 0 Å². The average molecular weight is 371 g/mol. The van der Waals surface area contributed by atoms with Crippen molar-refractivity contribution in [2.24, 2.45) is 0 Å². The van der Waals surface area contributed by atoms with Gasteiger partial charge in [-0.05, 0) is 48.9 Å². The fourth-order valence-corrected chi connectivity index (χ4v) is 3.75. The highest BCUT2D eigenvalue weighted by Crippen LogP contribution is 2.42. The Balaban J connectivity index is 1.78. The van der Waals surface area contributed by atoms with E-state index >= 15 is 0 Å². The van der Waals surface area contributed by atoms with E-state index < -0.39 is 16.2 Å². The molecule has 7 heteroatoms. The van der Waals surface area contributed by atoms with Crippen LogP contribution in [-0.2, 0) is 14.3 Å². The monoisotopic (exact) mass is 371 g/mol. The molecule has 0 radical (unpaired) electrons. The number of nitrogens with zero attached hydrogens (tertiary/aromatic N) is 1. The second-order valence-electron chi connectivity index (χ2n) is 6.02. The summed E-state index contributed by atoms with van der Waals surface area (Å²) in [6.45, 7) is 2.19. The molecule has 0 bridgehead atoms. The van der Waals surface area contributed by atoms with Gasteiger partial charge in [0, 0.05) is 17.1 Å². The Kier molecular flexibility index (Phi) is 4.05. The highest BCUT2D eigenvalue weighted by molar-refractivity contribution is 7.86. The molecule has 3 aromatic rings. The van der Waals surface area contributed by atoms with Crippen LogP contribution in [0.2, 0.25) is 0 Å². The van der Waals surface area contributed by atoms with E-state index in [0.717, 1.165) is 29.1 Å². The first kappa shape index (κ1) is 16.8. The topological polar surface area (TPSA) is 74.7 Å². The van der Waals surface area contributed by atoms with Crippen LogP contribution in [-0.4, -0.2) is 27.1 Å². The van der Waals surface area contributed by atoms with Crippen LogP contribution in [0.15, 0.2) is 53.6 Å². The number of aryl methyl sites for hydroxylation is 1. The van der Waals surface area contributed by atoms with Gasteiger partial charge < -0.3 is 9.47 Å². The van der Waals surface area contributed by atoms with Crippen molar-refractivity contribution in [3.63, 3.8) is 0 Å². The minimum Gasteiger partial charge on any atom is -0.485 e. The Morgan fingerprint density at radius 1 is 1.19 bits per heavy atom. The zero-order chi connectivity index (χ0) is 18.3. The molecule has 0 aliphatic carbocycles. The second kappa shape index (κ2) is 6.26. The van der Waals surface area contributed by atoms with Gasteiger partial charge in [0.2, 0.25) is 0 Å². The predicted octanol–water partition coefficient (Wildman–Crippen LogP) is 3.39. The molecule has 2 heterocycles. The van der Waals surface area contributed by atoms with E-state index in [1.165, 1.54) is 6.07 Å². The van der Waals surface area contributed by atoms with Gasteiger partial charge >= 0.3 is 0 Å². The summed E-state index contributed by atoms with van der Waals surface area (Å²) >= 11 is 0. The maximum Gasteiger partial charge on any atom is 0.296 e. The Morgan fingerprint density at radius 3 is 2.85 bits per heavy atom. The van der Waals surface area contributed by atoms with Crippen molar-refractivity contribution < 1.29 is 22.1 Å². The van der Waals surface area contributed by atoms with Gasteiger partial charge in [-0.3, -0.25) is 9.17 Å². The van der Waals surface area contributed by atoms with Crippen molar-refractivity contribution in [1.82, 2.24) is 4.98 Å². The summed E-state index contributed by atoms with van der Waals surface area (Å²) in [7, 11) is -2.63. The molecule has 0 fully saturated rings. The number of aromatic nitrogens is 1. The fourth-order valence-electron chi connectivity index (χ4n) is 3.05. The van der Waals surface area contributed by atoms with Crippen molar-refractivity contribution in [2.45, 2.75) is 17.9 Å². The summed E-state index contributed by atoms with van der Waals surface area (Å²) in [5.74, 6) is 1.27. The summed E-state index contributed by atoms with van der Waals surface area (Å²) < 4.78 is 40.7. The van der Waals surface area contributed by atoms with Crippen LogP contribution in [0.4, 0.5) is 0 Å². The Morgan fingerprint density at radius 2 is 2.04 bits per heavy atom. The van der Waals surface area contributed by atoms with Crippen molar-refractivity contribution >= 4 is 21.0 Å². The molecular weight excluding hydrogens is 354 g/mol. The minimum atomic E-state index is -3.78. The van der Waals surface area contributed by atoms with Crippen LogP contribution >= 0.6 is 0 Å². The lowest BCUT2D eigenvalue weighted by Gasteiger charge is -2.28. The summed E-state index contributed by atoms with van der Waals surface area (Å²) in [4.78, 5) is 4.42. The Labute approximate surface area is 151 Å². The van der Waals surface area contributed by atoms with E-state index in [0.29, 0.717) is 11.5 Å². The van der Waals surface area contributed by atoms with E-state index in [-0.39, 0.29) is 11.5 Å². The molecule has 1 atom stereocenters.